The Morgan fingerprint density at radius 3 is 2.67 bits per heavy atom. The third kappa shape index (κ3) is 2.84. The van der Waals surface area contributed by atoms with Crippen LogP contribution in [0.4, 0.5) is 0 Å². The van der Waals surface area contributed by atoms with E-state index in [4.69, 9.17) is 5.84 Å². The number of fused-ring (bicyclic) bond motifs is 1. The lowest BCUT2D eigenvalue weighted by Gasteiger charge is -2.33. The van der Waals surface area contributed by atoms with Crippen LogP contribution in [0.25, 0.3) is 0 Å². The highest BCUT2D eigenvalue weighted by molar-refractivity contribution is 5.81. The Hall–Kier alpha value is -0.650. The topological polar surface area (TPSA) is 61.6 Å². The van der Waals surface area contributed by atoms with Gasteiger partial charge in [-0.25, -0.2) is 5.84 Å². The van der Waals surface area contributed by atoms with Crippen molar-refractivity contribution >= 4 is 5.91 Å². The fourth-order valence-electron chi connectivity index (χ4n) is 3.46. The van der Waals surface area contributed by atoms with Gasteiger partial charge in [0.2, 0.25) is 0 Å². The number of amides is 1. The van der Waals surface area contributed by atoms with Crippen LogP contribution in [0.3, 0.4) is 0 Å². The summed E-state index contributed by atoms with van der Waals surface area (Å²) >= 11 is 0. The van der Waals surface area contributed by atoms with Crippen LogP contribution in [-0.4, -0.2) is 54.0 Å². The van der Waals surface area contributed by atoms with Crippen LogP contribution in [0.15, 0.2) is 0 Å². The quantitative estimate of drug-likeness (QED) is 0.428. The lowest BCUT2D eigenvalue weighted by Crippen LogP contribution is -2.53. The molecule has 5 nitrogen and oxygen atoms in total. The molecule has 18 heavy (non-hydrogen) atoms. The molecule has 2 atom stereocenters. The summed E-state index contributed by atoms with van der Waals surface area (Å²) in [5.41, 5.74) is 2.33. The first-order chi connectivity index (χ1) is 8.63. The first-order valence-corrected chi connectivity index (χ1v) is 7.12. The van der Waals surface area contributed by atoms with Crippen LogP contribution in [0.5, 0.6) is 0 Å². The van der Waals surface area contributed by atoms with Gasteiger partial charge in [0.1, 0.15) is 0 Å². The van der Waals surface area contributed by atoms with E-state index in [1.807, 2.05) is 0 Å². The first-order valence-electron chi connectivity index (χ1n) is 7.12. The maximum Gasteiger partial charge on any atom is 0.251 e. The number of nitrogens with zero attached hydrogens (tertiary/aromatic N) is 2. The normalized spacial score (nSPS) is 27.9. The molecule has 1 amide bonds. The zero-order valence-corrected chi connectivity index (χ0v) is 11.6. The van der Waals surface area contributed by atoms with Gasteiger partial charge < -0.3 is 0 Å². The van der Waals surface area contributed by atoms with E-state index in [2.05, 4.69) is 29.1 Å². The smallest absolute Gasteiger partial charge is 0.251 e. The van der Waals surface area contributed by atoms with Crippen molar-refractivity contribution in [2.45, 2.75) is 45.2 Å². The van der Waals surface area contributed by atoms with Crippen molar-refractivity contribution < 1.29 is 4.79 Å². The van der Waals surface area contributed by atoms with E-state index < -0.39 is 0 Å². The average molecular weight is 254 g/mol. The SMILES string of the molecule is CC(C)C(C(=O)NN)N1CCCN2CCCC2C1. The molecule has 0 aliphatic carbocycles. The predicted octanol–water partition coefficient (Wildman–Crippen LogP) is 0.171. The number of rotatable bonds is 3. The van der Waals surface area contributed by atoms with Crippen LogP contribution in [-0.2, 0) is 4.79 Å². The van der Waals surface area contributed by atoms with Crippen molar-refractivity contribution in [3.05, 3.63) is 0 Å². The lowest BCUT2D eigenvalue weighted by atomic mass is 10.0. The zero-order valence-electron chi connectivity index (χ0n) is 11.6. The van der Waals surface area contributed by atoms with Crippen LogP contribution in [0.1, 0.15) is 33.1 Å². The monoisotopic (exact) mass is 254 g/mol. The molecular weight excluding hydrogens is 228 g/mol. The van der Waals surface area contributed by atoms with E-state index in [9.17, 15) is 4.79 Å². The van der Waals surface area contributed by atoms with Crippen molar-refractivity contribution in [2.24, 2.45) is 11.8 Å². The highest BCUT2D eigenvalue weighted by Gasteiger charge is 2.35. The second-order valence-corrected chi connectivity index (χ2v) is 5.88. The van der Waals surface area contributed by atoms with Gasteiger partial charge in [0, 0.05) is 19.1 Å². The van der Waals surface area contributed by atoms with Gasteiger partial charge in [-0.2, -0.15) is 0 Å². The summed E-state index contributed by atoms with van der Waals surface area (Å²) < 4.78 is 0. The van der Waals surface area contributed by atoms with Gasteiger partial charge in [-0.1, -0.05) is 13.8 Å². The Bertz CT molecular complexity index is 295. The second kappa shape index (κ2) is 5.99. The Kier molecular flexibility index (Phi) is 4.59. The molecule has 0 radical (unpaired) electrons. The Morgan fingerprint density at radius 2 is 2.00 bits per heavy atom. The Morgan fingerprint density at radius 1 is 1.28 bits per heavy atom. The third-order valence-corrected chi connectivity index (χ3v) is 4.27. The fraction of sp³-hybridized carbons (Fsp3) is 0.923. The van der Waals surface area contributed by atoms with Gasteiger partial charge >= 0.3 is 0 Å². The third-order valence-electron chi connectivity index (χ3n) is 4.27. The number of hydrogen-bond donors (Lipinski definition) is 2. The molecule has 2 fully saturated rings. The number of nitrogens with two attached hydrogens (primary N) is 1. The van der Waals surface area contributed by atoms with Crippen LogP contribution in [0, 0.1) is 5.92 Å². The maximum absolute atomic E-state index is 12.0. The van der Waals surface area contributed by atoms with Gasteiger partial charge in [0.05, 0.1) is 6.04 Å². The summed E-state index contributed by atoms with van der Waals surface area (Å²) in [6.07, 6.45) is 3.72. The number of carbonyl (C=O) groups excluding carboxylic acids is 1. The number of hydrogen-bond acceptors (Lipinski definition) is 4. The van der Waals surface area contributed by atoms with Crippen LogP contribution < -0.4 is 11.3 Å². The molecule has 0 aromatic rings. The van der Waals surface area contributed by atoms with E-state index in [0.29, 0.717) is 12.0 Å². The molecular formula is C13H26N4O. The minimum absolute atomic E-state index is 0.0450. The molecule has 2 rings (SSSR count). The number of carbonyl (C=O) groups is 1. The molecule has 2 saturated heterocycles. The van der Waals surface area contributed by atoms with E-state index >= 15 is 0 Å². The summed E-state index contributed by atoms with van der Waals surface area (Å²) in [6, 6.07) is 0.551. The molecule has 0 aromatic heterocycles. The highest BCUT2D eigenvalue weighted by atomic mass is 16.2. The molecule has 104 valence electrons. The van der Waals surface area contributed by atoms with Gasteiger partial charge in [0.15, 0.2) is 0 Å². The molecule has 2 unspecified atom stereocenters. The summed E-state index contributed by atoms with van der Waals surface area (Å²) in [5, 5.41) is 0. The van der Waals surface area contributed by atoms with Crippen molar-refractivity contribution in [3.8, 4) is 0 Å². The van der Waals surface area contributed by atoms with Crippen LogP contribution in [0.2, 0.25) is 0 Å². The van der Waals surface area contributed by atoms with Gasteiger partial charge in [-0.05, 0) is 38.3 Å². The lowest BCUT2D eigenvalue weighted by molar-refractivity contribution is -0.128. The van der Waals surface area contributed by atoms with Crippen molar-refractivity contribution in [1.82, 2.24) is 15.2 Å². The first kappa shape index (κ1) is 13.8. The molecule has 3 N–H and O–H groups in total. The van der Waals surface area contributed by atoms with Crippen molar-refractivity contribution in [2.75, 3.05) is 26.2 Å². The van der Waals surface area contributed by atoms with Gasteiger partial charge in [0.25, 0.3) is 5.91 Å². The molecule has 0 aromatic carbocycles. The molecule has 0 bridgehead atoms. The molecule has 0 saturated carbocycles. The summed E-state index contributed by atoms with van der Waals surface area (Å²) in [6.45, 7) is 8.61. The largest absolute Gasteiger partial charge is 0.299 e. The second-order valence-electron chi connectivity index (χ2n) is 5.88. The van der Waals surface area contributed by atoms with E-state index in [1.165, 1.54) is 25.9 Å². The zero-order chi connectivity index (χ0) is 13.1. The average Bonchev–Trinajstić information content (AvgIpc) is 2.67. The van der Waals surface area contributed by atoms with E-state index in [-0.39, 0.29) is 11.9 Å². The molecule has 0 spiro atoms. The summed E-state index contributed by atoms with van der Waals surface area (Å²) in [4.78, 5) is 16.9. The minimum Gasteiger partial charge on any atom is -0.299 e. The van der Waals surface area contributed by atoms with Crippen molar-refractivity contribution in [1.29, 1.82) is 0 Å². The van der Waals surface area contributed by atoms with E-state index in [1.54, 1.807) is 0 Å². The Balaban J connectivity index is 2.07. The van der Waals surface area contributed by atoms with Gasteiger partial charge in [-0.3, -0.25) is 20.0 Å². The summed E-state index contributed by atoms with van der Waals surface area (Å²) in [7, 11) is 0. The highest BCUT2D eigenvalue weighted by Crippen LogP contribution is 2.24. The minimum atomic E-state index is -0.0875. The number of nitrogens with one attached hydrogen (secondary N) is 1. The standard InChI is InChI=1S/C13H26N4O/c1-10(2)12(13(18)15-14)17-8-4-7-16-6-3-5-11(16)9-17/h10-12H,3-9,14H2,1-2H3,(H,15,18). The maximum atomic E-state index is 12.0. The summed E-state index contributed by atoms with van der Waals surface area (Å²) in [5.74, 6) is 5.57. The Labute approximate surface area is 110 Å². The molecule has 2 aliphatic heterocycles. The van der Waals surface area contributed by atoms with Crippen molar-refractivity contribution in [3.63, 3.8) is 0 Å². The van der Waals surface area contributed by atoms with Crippen LogP contribution >= 0.6 is 0 Å². The van der Waals surface area contributed by atoms with Gasteiger partial charge in [-0.15, -0.1) is 0 Å². The molecule has 5 heteroatoms. The molecule has 2 aliphatic rings. The number of hydrazine groups is 1. The van der Waals surface area contributed by atoms with E-state index in [0.717, 1.165) is 19.5 Å². The predicted molar refractivity (Wildman–Crippen MR) is 71.7 cm³/mol. The molecule has 2 heterocycles. The fourth-order valence-corrected chi connectivity index (χ4v) is 3.46.